The molecular weight excluding hydrogens is 216 g/mol. The first-order valence-electron chi connectivity index (χ1n) is 5.85. The molecule has 88 valence electrons. The van der Waals surface area contributed by atoms with Crippen LogP contribution in [0.5, 0.6) is 0 Å². The molecule has 0 amide bonds. The lowest BCUT2D eigenvalue weighted by Gasteiger charge is -2.34. The van der Waals surface area contributed by atoms with Crippen LogP contribution < -0.4 is 5.73 Å². The highest BCUT2D eigenvalue weighted by atomic mass is 32.2. The number of thioether (sulfide) groups is 1. The van der Waals surface area contributed by atoms with Crippen LogP contribution in [0.2, 0.25) is 0 Å². The van der Waals surface area contributed by atoms with Crippen LogP contribution in [0.4, 0.5) is 5.69 Å². The highest BCUT2D eigenvalue weighted by Gasteiger charge is 2.21. The molecule has 0 radical (unpaired) electrons. The molecule has 16 heavy (non-hydrogen) atoms. The first-order valence-corrected chi connectivity index (χ1v) is 6.80. The van der Waals surface area contributed by atoms with Crippen LogP contribution >= 0.6 is 11.8 Å². The Morgan fingerprint density at radius 2 is 1.75 bits per heavy atom. The van der Waals surface area contributed by atoms with Crippen LogP contribution in [0.3, 0.4) is 0 Å². The number of hydrogen-bond acceptors (Lipinski definition) is 3. The fourth-order valence-corrected chi connectivity index (χ4v) is 3.68. The fraction of sp³-hybridized carbons (Fsp3) is 0.538. The first-order chi connectivity index (χ1) is 7.63. The molecule has 0 aromatic heterocycles. The summed E-state index contributed by atoms with van der Waals surface area (Å²) < 4.78 is 0. The Labute approximate surface area is 102 Å². The van der Waals surface area contributed by atoms with Gasteiger partial charge in [-0.15, -0.1) is 0 Å². The Kier molecular flexibility index (Phi) is 3.77. The number of benzene rings is 1. The monoisotopic (exact) mass is 236 g/mol. The van der Waals surface area contributed by atoms with Gasteiger partial charge in [-0.3, -0.25) is 4.90 Å². The summed E-state index contributed by atoms with van der Waals surface area (Å²) in [6.07, 6.45) is 0. The van der Waals surface area contributed by atoms with Crippen molar-refractivity contribution in [3.05, 3.63) is 29.8 Å². The van der Waals surface area contributed by atoms with E-state index in [-0.39, 0.29) is 0 Å². The van der Waals surface area contributed by atoms with E-state index in [1.54, 1.807) is 0 Å². The van der Waals surface area contributed by atoms with Gasteiger partial charge >= 0.3 is 0 Å². The van der Waals surface area contributed by atoms with E-state index >= 15 is 0 Å². The highest BCUT2D eigenvalue weighted by molar-refractivity contribution is 8.00. The van der Waals surface area contributed by atoms with Gasteiger partial charge in [0.15, 0.2) is 0 Å². The molecule has 0 saturated carbocycles. The van der Waals surface area contributed by atoms with Crippen molar-refractivity contribution in [3.63, 3.8) is 0 Å². The van der Waals surface area contributed by atoms with Crippen LogP contribution in [0.1, 0.15) is 19.4 Å². The van der Waals surface area contributed by atoms with Crippen molar-refractivity contribution in [2.45, 2.75) is 30.9 Å². The lowest BCUT2D eigenvalue weighted by Crippen LogP contribution is -2.39. The molecule has 2 rings (SSSR count). The third kappa shape index (κ3) is 3.16. The minimum atomic E-state index is 0.748. The van der Waals surface area contributed by atoms with E-state index in [2.05, 4.69) is 42.6 Å². The van der Waals surface area contributed by atoms with Crippen molar-refractivity contribution < 1.29 is 0 Å². The zero-order valence-electron chi connectivity index (χ0n) is 10.0. The van der Waals surface area contributed by atoms with E-state index in [4.69, 9.17) is 5.73 Å². The number of nitrogen functional groups attached to an aromatic ring is 1. The van der Waals surface area contributed by atoms with Crippen LogP contribution in [-0.2, 0) is 6.54 Å². The molecule has 2 atom stereocenters. The summed E-state index contributed by atoms with van der Waals surface area (Å²) in [6, 6.07) is 8.24. The van der Waals surface area contributed by atoms with Gasteiger partial charge < -0.3 is 5.73 Å². The molecule has 1 aliphatic heterocycles. The van der Waals surface area contributed by atoms with Crippen molar-refractivity contribution in [1.82, 2.24) is 4.90 Å². The van der Waals surface area contributed by atoms with Crippen molar-refractivity contribution >= 4 is 17.4 Å². The second-order valence-corrected chi connectivity index (χ2v) is 6.57. The second kappa shape index (κ2) is 5.11. The molecule has 1 saturated heterocycles. The van der Waals surface area contributed by atoms with Crippen LogP contribution in [0.15, 0.2) is 24.3 Å². The largest absolute Gasteiger partial charge is 0.399 e. The second-order valence-electron chi connectivity index (χ2n) is 4.69. The van der Waals surface area contributed by atoms with E-state index in [0.717, 1.165) is 22.7 Å². The topological polar surface area (TPSA) is 29.3 Å². The first kappa shape index (κ1) is 11.8. The van der Waals surface area contributed by atoms with Crippen molar-refractivity contribution in [1.29, 1.82) is 0 Å². The SMILES string of the molecule is CC1CN(Cc2ccc(N)cc2)CC(C)S1. The third-order valence-electron chi connectivity index (χ3n) is 2.88. The van der Waals surface area contributed by atoms with Crippen molar-refractivity contribution in [2.75, 3.05) is 18.8 Å². The summed E-state index contributed by atoms with van der Waals surface area (Å²) in [5.74, 6) is 0. The van der Waals surface area contributed by atoms with Gasteiger partial charge in [-0.25, -0.2) is 0 Å². The van der Waals surface area contributed by atoms with E-state index in [1.807, 2.05) is 12.1 Å². The Bertz CT molecular complexity index is 326. The molecule has 0 aliphatic carbocycles. The van der Waals surface area contributed by atoms with E-state index < -0.39 is 0 Å². The lowest BCUT2D eigenvalue weighted by atomic mass is 10.2. The standard InChI is InChI=1S/C13H20N2S/c1-10-7-15(8-11(2)16-10)9-12-3-5-13(14)6-4-12/h3-6,10-11H,7-9,14H2,1-2H3. The number of nitrogens with zero attached hydrogens (tertiary/aromatic N) is 1. The zero-order chi connectivity index (χ0) is 11.5. The fourth-order valence-electron chi connectivity index (χ4n) is 2.29. The molecule has 1 aromatic carbocycles. The van der Waals surface area contributed by atoms with E-state index in [9.17, 15) is 0 Å². The molecule has 2 nitrogen and oxygen atoms in total. The van der Waals surface area contributed by atoms with Gasteiger partial charge in [-0.05, 0) is 17.7 Å². The maximum absolute atomic E-state index is 5.69. The quantitative estimate of drug-likeness (QED) is 0.800. The number of rotatable bonds is 2. The summed E-state index contributed by atoms with van der Waals surface area (Å²) in [5, 5.41) is 1.50. The maximum atomic E-state index is 5.69. The predicted molar refractivity (Wildman–Crippen MR) is 72.6 cm³/mol. The molecule has 1 aliphatic rings. The molecule has 1 fully saturated rings. The average Bonchev–Trinajstić information content (AvgIpc) is 2.20. The van der Waals surface area contributed by atoms with Gasteiger partial charge in [0.25, 0.3) is 0 Å². The number of nitrogens with two attached hydrogens (primary N) is 1. The summed E-state index contributed by atoms with van der Waals surface area (Å²) in [6.45, 7) is 8.07. The minimum absolute atomic E-state index is 0.748. The van der Waals surface area contributed by atoms with E-state index in [1.165, 1.54) is 18.7 Å². The average molecular weight is 236 g/mol. The van der Waals surface area contributed by atoms with E-state index in [0.29, 0.717) is 0 Å². The number of anilines is 1. The highest BCUT2D eigenvalue weighted by Crippen LogP contribution is 2.25. The molecule has 3 heteroatoms. The molecule has 2 N–H and O–H groups in total. The molecule has 1 heterocycles. The Morgan fingerprint density at radius 3 is 2.31 bits per heavy atom. The normalized spacial score (nSPS) is 26.9. The molecule has 2 unspecified atom stereocenters. The molecule has 0 spiro atoms. The molecule has 1 aromatic rings. The predicted octanol–water partition coefficient (Wildman–Crippen LogP) is 2.59. The smallest absolute Gasteiger partial charge is 0.0314 e. The summed E-state index contributed by atoms with van der Waals surface area (Å²) in [4.78, 5) is 2.54. The van der Waals surface area contributed by atoms with Crippen LogP contribution in [0.25, 0.3) is 0 Å². The summed E-state index contributed by atoms with van der Waals surface area (Å²) >= 11 is 2.10. The minimum Gasteiger partial charge on any atom is -0.399 e. The number of hydrogen-bond donors (Lipinski definition) is 1. The molecular formula is C13H20N2S. The van der Waals surface area contributed by atoms with Gasteiger partial charge in [-0.1, -0.05) is 26.0 Å². The molecule has 0 bridgehead atoms. The van der Waals surface area contributed by atoms with Crippen LogP contribution in [-0.4, -0.2) is 28.5 Å². The summed E-state index contributed by atoms with van der Waals surface area (Å²) in [7, 11) is 0. The Balaban J connectivity index is 1.96. The van der Waals surface area contributed by atoms with Gasteiger partial charge in [0.05, 0.1) is 0 Å². The lowest BCUT2D eigenvalue weighted by molar-refractivity contribution is 0.263. The zero-order valence-corrected chi connectivity index (χ0v) is 10.8. The van der Waals surface area contributed by atoms with Crippen molar-refractivity contribution in [2.24, 2.45) is 0 Å². The van der Waals surface area contributed by atoms with Gasteiger partial charge in [0.2, 0.25) is 0 Å². The van der Waals surface area contributed by atoms with Gasteiger partial charge in [-0.2, -0.15) is 11.8 Å². The van der Waals surface area contributed by atoms with Crippen LogP contribution in [0, 0.1) is 0 Å². The van der Waals surface area contributed by atoms with Crippen molar-refractivity contribution in [3.8, 4) is 0 Å². The van der Waals surface area contributed by atoms with Gasteiger partial charge in [0.1, 0.15) is 0 Å². The van der Waals surface area contributed by atoms with Gasteiger partial charge in [0, 0.05) is 35.8 Å². The third-order valence-corrected chi connectivity index (χ3v) is 4.11. The Hall–Kier alpha value is -0.670. The maximum Gasteiger partial charge on any atom is 0.0314 e. The Morgan fingerprint density at radius 1 is 1.19 bits per heavy atom. The summed E-state index contributed by atoms with van der Waals surface area (Å²) in [5.41, 5.74) is 7.90.